The molecule has 0 radical (unpaired) electrons. The van der Waals surface area contributed by atoms with Crippen molar-refractivity contribution in [2.75, 3.05) is 13.2 Å². The molecule has 2 N–H and O–H groups in total. The average Bonchev–Trinajstić information content (AvgIpc) is 3.11. The molecule has 0 fully saturated rings. The molecule has 0 saturated heterocycles. The van der Waals surface area contributed by atoms with E-state index in [0.717, 1.165) is 22.3 Å². The summed E-state index contributed by atoms with van der Waals surface area (Å²) >= 11 is 0. The summed E-state index contributed by atoms with van der Waals surface area (Å²) in [6.45, 7) is 10.7. The Kier molecular flexibility index (Phi) is 7.88. The van der Waals surface area contributed by atoms with E-state index in [1.807, 2.05) is 38.1 Å². The van der Waals surface area contributed by atoms with Crippen molar-refractivity contribution in [3.63, 3.8) is 0 Å². The molecular weight excluding hydrogens is 444 g/mol. The highest BCUT2D eigenvalue weighted by molar-refractivity contribution is 5.88. The standard InChI is InChI=1S/C28H36N2O5/c1-7-30(28(5,6)26(32)33)25(31)24(17(2)3)18(4)29-27(34)35-16-23-21-14-10-8-12-19(21)20-13-9-11-15-22(20)23/h8-15,17-18,23-24H,7,16H2,1-6H3,(H,29,34)(H,32,33). The van der Waals surface area contributed by atoms with Crippen LogP contribution in [0.3, 0.4) is 0 Å². The fraction of sp³-hybridized carbons (Fsp3) is 0.464. The van der Waals surface area contributed by atoms with Crippen LogP contribution in [0, 0.1) is 11.8 Å². The second-order valence-electron chi connectivity index (χ2n) is 9.98. The van der Waals surface area contributed by atoms with E-state index < -0.39 is 29.6 Å². The van der Waals surface area contributed by atoms with Gasteiger partial charge in [-0.3, -0.25) is 4.79 Å². The van der Waals surface area contributed by atoms with E-state index in [0.29, 0.717) is 0 Å². The van der Waals surface area contributed by atoms with Gasteiger partial charge in [-0.1, -0.05) is 62.4 Å². The molecule has 2 amide bonds. The Morgan fingerprint density at radius 2 is 1.51 bits per heavy atom. The Bertz CT molecular complexity index is 1050. The topological polar surface area (TPSA) is 95.9 Å². The van der Waals surface area contributed by atoms with Crippen molar-refractivity contribution < 1.29 is 24.2 Å². The largest absolute Gasteiger partial charge is 0.480 e. The van der Waals surface area contributed by atoms with Gasteiger partial charge in [0.1, 0.15) is 12.1 Å². The van der Waals surface area contributed by atoms with Crippen LogP contribution in [0.1, 0.15) is 58.6 Å². The fourth-order valence-electron chi connectivity index (χ4n) is 5.11. The van der Waals surface area contributed by atoms with E-state index in [1.165, 1.54) is 18.7 Å². The van der Waals surface area contributed by atoms with Crippen molar-refractivity contribution >= 4 is 18.0 Å². The molecule has 188 valence electrons. The molecule has 0 aromatic heterocycles. The van der Waals surface area contributed by atoms with Gasteiger partial charge in [0.15, 0.2) is 0 Å². The molecule has 7 nitrogen and oxygen atoms in total. The number of likely N-dealkylation sites (N-methyl/N-ethyl adjacent to an activating group) is 1. The van der Waals surface area contributed by atoms with Gasteiger partial charge in [-0.2, -0.15) is 0 Å². The smallest absolute Gasteiger partial charge is 0.407 e. The Balaban J connectivity index is 1.70. The van der Waals surface area contributed by atoms with Crippen LogP contribution in [-0.2, 0) is 14.3 Å². The number of nitrogens with zero attached hydrogens (tertiary/aromatic N) is 1. The van der Waals surface area contributed by atoms with Crippen molar-refractivity contribution in [3.8, 4) is 11.1 Å². The highest BCUT2D eigenvalue weighted by atomic mass is 16.5. The van der Waals surface area contributed by atoms with Gasteiger partial charge in [0, 0.05) is 18.5 Å². The lowest BCUT2D eigenvalue weighted by Crippen LogP contribution is -2.58. The van der Waals surface area contributed by atoms with Crippen LogP contribution in [0.5, 0.6) is 0 Å². The number of nitrogens with one attached hydrogen (secondary N) is 1. The van der Waals surface area contributed by atoms with Gasteiger partial charge in [0.2, 0.25) is 5.91 Å². The summed E-state index contributed by atoms with van der Waals surface area (Å²) < 4.78 is 5.64. The predicted molar refractivity (Wildman–Crippen MR) is 135 cm³/mol. The maximum absolute atomic E-state index is 13.4. The van der Waals surface area contributed by atoms with Gasteiger partial charge >= 0.3 is 12.1 Å². The molecule has 3 rings (SSSR count). The Labute approximate surface area is 207 Å². The minimum Gasteiger partial charge on any atom is -0.480 e. The number of carbonyl (C=O) groups excluding carboxylic acids is 2. The van der Waals surface area contributed by atoms with Crippen LogP contribution in [-0.4, -0.2) is 52.7 Å². The summed E-state index contributed by atoms with van der Waals surface area (Å²) in [7, 11) is 0. The molecule has 0 spiro atoms. The summed E-state index contributed by atoms with van der Waals surface area (Å²) in [5.74, 6) is -2.16. The zero-order valence-corrected chi connectivity index (χ0v) is 21.4. The molecule has 2 aromatic rings. The van der Waals surface area contributed by atoms with Crippen LogP contribution in [0.15, 0.2) is 48.5 Å². The zero-order valence-electron chi connectivity index (χ0n) is 21.4. The number of hydrogen-bond acceptors (Lipinski definition) is 4. The number of alkyl carbamates (subject to hydrolysis) is 1. The number of amides is 2. The van der Waals surface area contributed by atoms with Crippen LogP contribution in [0.2, 0.25) is 0 Å². The van der Waals surface area contributed by atoms with E-state index >= 15 is 0 Å². The highest BCUT2D eigenvalue weighted by Gasteiger charge is 2.42. The number of carboxylic acid groups (broad SMARTS) is 1. The molecule has 1 aliphatic rings. The average molecular weight is 481 g/mol. The van der Waals surface area contributed by atoms with Crippen molar-refractivity contribution in [2.24, 2.45) is 11.8 Å². The number of fused-ring (bicyclic) bond motifs is 3. The number of carboxylic acids is 1. The second-order valence-corrected chi connectivity index (χ2v) is 9.98. The van der Waals surface area contributed by atoms with E-state index in [-0.39, 0.29) is 30.9 Å². The van der Waals surface area contributed by atoms with Gasteiger partial charge in [-0.05, 0) is 55.9 Å². The molecule has 0 aliphatic heterocycles. The first-order chi connectivity index (χ1) is 16.5. The lowest BCUT2D eigenvalue weighted by Gasteiger charge is -2.39. The lowest BCUT2D eigenvalue weighted by atomic mass is 9.86. The molecule has 1 aliphatic carbocycles. The lowest BCUT2D eigenvalue weighted by molar-refractivity contribution is -0.159. The van der Waals surface area contributed by atoms with Crippen molar-refractivity contribution in [1.29, 1.82) is 0 Å². The van der Waals surface area contributed by atoms with Crippen LogP contribution in [0.4, 0.5) is 4.79 Å². The van der Waals surface area contributed by atoms with E-state index in [1.54, 1.807) is 13.8 Å². The van der Waals surface area contributed by atoms with Gasteiger partial charge in [-0.15, -0.1) is 0 Å². The number of ether oxygens (including phenoxy) is 1. The number of aliphatic carboxylic acids is 1. The summed E-state index contributed by atoms with van der Waals surface area (Å²) in [6.07, 6.45) is -0.599. The summed E-state index contributed by atoms with van der Waals surface area (Å²) in [4.78, 5) is 39.3. The fourth-order valence-corrected chi connectivity index (χ4v) is 5.11. The van der Waals surface area contributed by atoms with Gasteiger partial charge < -0.3 is 20.1 Å². The number of hydrogen-bond donors (Lipinski definition) is 2. The molecule has 7 heteroatoms. The summed E-state index contributed by atoms with van der Waals surface area (Å²) in [6, 6.07) is 15.7. The van der Waals surface area contributed by atoms with Crippen LogP contribution in [0.25, 0.3) is 11.1 Å². The first kappa shape index (κ1) is 26.3. The Morgan fingerprint density at radius 3 is 1.97 bits per heavy atom. The van der Waals surface area contributed by atoms with Crippen LogP contribution >= 0.6 is 0 Å². The Morgan fingerprint density at radius 1 is 1.00 bits per heavy atom. The number of benzene rings is 2. The first-order valence-electron chi connectivity index (χ1n) is 12.2. The highest BCUT2D eigenvalue weighted by Crippen LogP contribution is 2.44. The van der Waals surface area contributed by atoms with E-state index in [9.17, 15) is 19.5 Å². The molecule has 2 unspecified atom stereocenters. The van der Waals surface area contributed by atoms with Crippen molar-refractivity contribution in [3.05, 3.63) is 59.7 Å². The summed E-state index contributed by atoms with van der Waals surface area (Å²) in [5, 5.41) is 12.4. The second kappa shape index (κ2) is 10.5. The normalized spacial score (nSPS) is 14.6. The minimum atomic E-state index is -1.36. The van der Waals surface area contributed by atoms with Gasteiger partial charge in [0.05, 0.1) is 5.92 Å². The van der Waals surface area contributed by atoms with Crippen molar-refractivity contribution in [1.82, 2.24) is 10.2 Å². The van der Waals surface area contributed by atoms with Gasteiger partial charge in [0.25, 0.3) is 0 Å². The molecule has 2 aromatic carbocycles. The predicted octanol–water partition coefficient (Wildman–Crippen LogP) is 4.90. The van der Waals surface area contributed by atoms with Crippen LogP contribution < -0.4 is 5.32 Å². The first-order valence-corrected chi connectivity index (χ1v) is 12.2. The monoisotopic (exact) mass is 480 g/mol. The number of carbonyl (C=O) groups is 3. The summed E-state index contributed by atoms with van der Waals surface area (Å²) in [5.41, 5.74) is 3.19. The van der Waals surface area contributed by atoms with E-state index in [4.69, 9.17) is 4.74 Å². The van der Waals surface area contributed by atoms with E-state index in [2.05, 4.69) is 29.6 Å². The maximum atomic E-state index is 13.4. The minimum absolute atomic E-state index is 0.0575. The molecule has 0 heterocycles. The third kappa shape index (κ3) is 5.19. The number of rotatable bonds is 9. The molecule has 0 saturated carbocycles. The third-order valence-corrected chi connectivity index (χ3v) is 7.01. The molecular formula is C28H36N2O5. The zero-order chi connectivity index (χ0) is 25.9. The maximum Gasteiger partial charge on any atom is 0.407 e. The third-order valence-electron chi connectivity index (χ3n) is 7.01. The van der Waals surface area contributed by atoms with Gasteiger partial charge in [-0.25, -0.2) is 9.59 Å². The quantitative estimate of drug-likeness (QED) is 0.532. The van der Waals surface area contributed by atoms with Crippen molar-refractivity contribution in [2.45, 2.75) is 59.0 Å². The molecule has 2 atom stereocenters. The Hall–Kier alpha value is -3.35. The molecule has 0 bridgehead atoms. The molecule has 35 heavy (non-hydrogen) atoms. The SMILES string of the molecule is CCN(C(=O)C(C(C)C)C(C)NC(=O)OCC1c2ccccc2-c2ccccc21)C(C)(C)C(=O)O.